The zero-order valence-corrected chi connectivity index (χ0v) is 16.1. The third kappa shape index (κ3) is 8.31. The van der Waals surface area contributed by atoms with E-state index in [1.807, 2.05) is 46.9 Å². The molecule has 5 nitrogen and oxygen atoms in total. The van der Waals surface area contributed by atoms with Crippen LogP contribution < -0.4 is 10.6 Å². The van der Waals surface area contributed by atoms with Crippen molar-refractivity contribution >= 4 is 6.09 Å². The van der Waals surface area contributed by atoms with Crippen molar-refractivity contribution in [3.63, 3.8) is 0 Å². The molecule has 1 aliphatic heterocycles. The van der Waals surface area contributed by atoms with Gasteiger partial charge in [-0.2, -0.15) is 0 Å². The number of amides is 1. The van der Waals surface area contributed by atoms with Gasteiger partial charge >= 0.3 is 6.09 Å². The first-order chi connectivity index (χ1) is 11.7. The van der Waals surface area contributed by atoms with Crippen LogP contribution >= 0.6 is 0 Å². The second kappa shape index (κ2) is 10.4. The van der Waals surface area contributed by atoms with Crippen molar-refractivity contribution in [2.45, 2.75) is 39.2 Å². The van der Waals surface area contributed by atoms with E-state index in [-0.39, 0.29) is 23.4 Å². The standard InChI is InChI=1S/C10H14FN.C9H18N2O2/c1-8(7-12-2)9-5-3-4-6-10(9)11;1-9(2,3)13-8(12)11-6-4-10-5-7-11/h3-6,8,12H,7H2,1-2H3;10H,4-7H2,1-3H3. The Labute approximate surface area is 150 Å². The summed E-state index contributed by atoms with van der Waals surface area (Å²) in [4.78, 5) is 13.2. The van der Waals surface area contributed by atoms with E-state index in [1.54, 1.807) is 11.0 Å². The number of halogens is 1. The third-order valence-corrected chi connectivity index (χ3v) is 3.72. The molecule has 1 aromatic carbocycles. The van der Waals surface area contributed by atoms with Crippen LogP contribution in [-0.4, -0.2) is 56.4 Å². The molecule has 0 spiro atoms. The SMILES string of the molecule is CC(C)(C)OC(=O)N1CCNCC1.CNCC(C)c1ccccc1F. The lowest BCUT2D eigenvalue weighted by Crippen LogP contribution is -2.48. The largest absolute Gasteiger partial charge is 0.444 e. The molecule has 0 radical (unpaired) electrons. The number of ether oxygens (including phenoxy) is 1. The van der Waals surface area contributed by atoms with Crippen molar-refractivity contribution in [3.8, 4) is 0 Å². The number of rotatable bonds is 3. The van der Waals surface area contributed by atoms with Crippen molar-refractivity contribution in [2.24, 2.45) is 0 Å². The van der Waals surface area contributed by atoms with E-state index in [0.29, 0.717) is 0 Å². The van der Waals surface area contributed by atoms with Crippen LogP contribution in [0.25, 0.3) is 0 Å². The number of carbonyl (C=O) groups is 1. The summed E-state index contributed by atoms with van der Waals surface area (Å²) < 4.78 is 18.4. The molecule has 0 saturated carbocycles. The number of piperazine rings is 1. The molecule has 1 heterocycles. The average Bonchev–Trinajstić information content (AvgIpc) is 2.55. The van der Waals surface area contributed by atoms with Gasteiger partial charge in [-0.15, -0.1) is 0 Å². The minimum Gasteiger partial charge on any atom is -0.444 e. The van der Waals surface area contributed by atoms with Crippen molar-refractivity contribution in [1.82, 2.24) is 15.5 Å². The van der Waals surface area contributed by atoms with Gasteiger partial charge in [0.15, 0.2) is 0 Å². The van der Waals surface area contributed by atoms with Gasteiger partial charge in [0.2, 0.25) is 0 Å². The highest BCUT2D eigenvalue weighted by Crippen LogP contribution is 2.17. The molecule has 1 saturated heterocycles. The molecule has 6 heteroatoms. The van der Waals surface area contributed by atoms with Crippen molar-refractivity contribution in [1.29, 1.82) is 0 Å². The molecule has 1 aromatic rings. The van der Waals surface area contributed by atoms with Crippen molar-refractivity contribution < 1.29 is 13.9 Å². The number of carbonyl (C=O) groups excluding carboxylic acids is 1. The van der Waals surface area contributed by atoms with E-state index in [4.69, 9.17) is 4.74 Å². The zero-order valence-electron chi connectivity index (χ0n) is 16.1. The zero-order chi connectivity index (χ0) is 18.9. The predicted octanol–water partition coefficient (Wildman–Crippen LogP) is 2.98. The van der Waals surface area contributed by atoms with E-state index < -0.39 is 0 Å². The summed E-state index contributed by atoms with van der Waals surface area (Å²) in [6.07, 6.45) is -0.200. The Morgan fingerprint density at radius 1 is 1.32 bits per heavy atom. The van der Waals surface area contributed by atoms with Crippen LogP contribution in [0.2, 0.25) is 0 Å². The second-order valence-electron chi connectivity index (χ2n) is 7.20. The second-order valence-corrected chi connectivity index (χ2v) is 7.20. The summed E-state index contributed by atoms with van der Waals surface area (Å²) >= 11 is 0. The molecule has 142 valence electrons. The monoisotopic (exact) mass is 353 g/mol. The Morgan fingerprint density at radius 2 is 1.92 bits per heavy atom. The van der Waals surface area contributed by atoms with Crippen LogP contribution in [0.4, 0.5) is 9.18 Å². The van der Waals surface area contributed by atoms with Gasteiger partial charge in [-0.25, -0.2) is 9.18 Å². The highest BCUT2D eigenvalue weighted by molar-refractivity contribution is 5.68. The first-order valence-corrected chi connectivity index (χ1v) is 8.82. The fourth-order valence-electron chi connectivity index (χ4n) is 2.46. The van der Waals surface area contributed by atoms with E-state index in [1.165, 1.54) is 6.07 Å². The molecule has 1 atom stereocenters. The number of hydrogen-bond donors (Lipinski definition) is 2. The summed E-state index contributed by atoms with van der Waals surface area (Å²) in [5, 5.41) is 6.21. The Hall–Kier alpha value is -1.66. The molecule has 2 rings (SSSR count). The van der Waals surface area contributed by atoms with Gasteiger partial charge in [0.1, 0.15) is 11.4 Å². The Kier molecular flexibility index (Phi) is 8.86. The highest BCUT2D eigenvalue weighted by Gasteiger charge is 2.22. The van der Waals surface area contributed by atoms with Crippen LogP contribution in [0, 0.1) is 5.82 Å². The molecule has 0 aromatic heterocycles. The highest BCUT2D eigenvalue weighted by atomic mass is 19.1. The summed E-state index contributed by atoms with van der Waals surface area (Å²) in [5.41, 5.74) is 0.397. The lowest BCUT2D eigenvalue weighted by atomic mass is 10.0. The molecule has 2 N–H and O–H groups in total. The predicted molar refractivity (Wildman–Crippen MR) is 99.4 cm³/mol. The summed E-state index contributed by atoms with van der Waals surface area (Å²) in [5.74, 6) is 0.122. The third-order valence-electron chi connectivity index (χ3n) is 3.72. The van der Waals surface area contributed by atoms with Gasteiger partial charge < -0.3 is 20.3 Å². The van der Waals surface area contributed by atoms with Crippen molar-refractivity contribution in [2.75, 3.05) is 39.8 Å². The number of benzene rings is 1. The van der Waals surface area contributed by atoms with Crippen LogP contribution in [0.5, 0.6) is 0 Å². The Balaban J connectivity index is 0.000000251. The van der Waals surface area contributed by atoms with E-state index in [2.05, 4.69) is 10.6 Å². The molecule has 0 bridgehead atoms. The lowest BCUT2D eigenvalue weighted by molar-refractivity contribution is 0.0229. The van der Waals surface area contributed by atoms with Crippen LogP contribution in [0.3, 0.4) is 0 Å². The fourth-order valence-corrected chi connectivity index (χ4v) is 2.46. The van der Waals surface area contributed by atoms with E-state index in [0.717, 1.165) is 38.3 Å². The van der Waals surface area contributed by atoms with Gasteiger partial charge in [-0.3, -0.25) is 0 Å². The fraction of sp³-hybridized carbons (Fsp3) is 0.632. The van der Waals surface area contributed by atoms with Crippen LogP contribution in [0.15, 0.2) is 24.3 Å². The summed E-state index contributed by atoms with van der Waals surface area (Å²) in [6, 6.07) is 6.91. The maximum absolute atomic E-state index is 13.1. The molecule has 1 fully saturated rings. The maximum Gasteiger partial charge on any atom is 0.410 e. The summed E-state index contributed by atoms with van der Waals surface area (Å²) in [7, 11) is 1.87. The Bertz CT molecular complexity index is 526. The first-order valence-electron chi connectivity index (χ1n) is 8.82. The smallest absolute Gasteiger partial charge is 0.410 e. The molecular weight excluding hydrogens is 321 g/mol. The normalized spacial score (nSPS) is 15.8. The lowest BCUT2D eigenvalue weighted by Gasteiger charge is -2.30. The van der Waals surface area contributed by atoms with E-state index >= 15 is 0 Å². The number of nitrogens with one attached hydrogen (secondary N) is 2. The molecule has 25 heavy (non-hydrogen) atoms. The maximum atomic E-state index is 13.1. The average molecular weight is 353 g/mol. The quantitative estimate of drug-likeness (QED) is 0.877. The topological polar surface area (TPSA) is 53.6 Å². The van der Waals surface area contributed by atoms with Gasteiger partial charge in [0.25, 0.3) is 0 Å². The minimum atomic E-state index is -0.387. The van der Waals surface area contributed by atoms with Crippen LogP contribution in [0.1, 0.15) is 39.2 Å². The summed E-state index contributed by atoms with van der Waals surface area (Å²) in [6.45, 7) is 11.7. The Morgan fingerprint density at radius 3 is 2.44 bits per heavy atom. The molecule has 1 aliphatic rings. The molecule has 1 amide bonds. The first kappa shape index (κ1) is 21.4. The number of hydrogen-bond acceptors (Lipinski definition) is 4. The van der Waals surface area contributed by atoms with Crippen molar-refractivity contribution in [3.05, 3.63) is 35.6 Å². The van der Waals surface area contributed by atoms with Gasteiger partial charge in [-0.1, -0.05) is 25.1 Å². The van der Waals surface area contributed by atoms with Gasteiger partial charge in [0, 0.05) is 32.7 Å². The number of nitrogens with zero attached hydrogens (tertiary/aromatic N) is 1. The van der Waals surface area contributed by atoms with Crippen LogP contribution in [-0.2, 0) is 4.74 Å². The van der Waals surface area contributed by atoms with Gasteiger partial charge in [0.05, 0.1) is 0 Å². The number of likely N-dealkylation sites (N-methyl/N-ethyl adjacent to an activating group) is 1. The van der Waals surface area contributed by atoms with E-state index in [9.17, 15) is 9.18 Å². The molecule has 0 aliphatic carbocycles. The van der Waals surface area contributed by atoms with Gasteiger partial charge in [-0.05, 0) is 45.4 Å². The minimum absolute atomic E-state index is 0.111. The molecule has 1 unspecified atom stereocenters. The molecular formula is C19H32FN3O2.